The Balaban J connectivity index is 1.75. The Morgan fingerprint density at radius 2 is 2.07 bits per heavy atom. The van der Waals surface area contributed by atoms with Crippen molar-refractivity contribution in [2.45, 2.75) is 62.8 Å². The van der Waals surface area contributed by atoms with Gasteiger partial charge in [0.1, 0.15) is 0 Å². The van der Waals surface area contributed by atoms with Gasteiger partial charge in [-0.2, -0.15) is 0 Å². The molecule has 2 aliphatic carbocycles. The van der Waals surface area contributed by atoms with E-state index >= 15 is 0 Å². The van der Waals surface area contributed by atoms with Gasteiger partial charge in [-0.05, 0) is 38.5 Å². The number of methoxy groups -OCH3 is 1. The van der Waals surface area contributed by atoms with Crippen LogP contribution in [0.25, 0.3) is 0 Å². The van der Waals surface area contributed by atoms with Crippen molar-refractivity contribution in [3.63, 3.8) is 0 Å². The molecule has 0 spiro atoms. The van der Waals surface area contributed by atoms with Crippen LogP contribution in [-0.2, 0) is 4.74 Å². The highest BCUT2D eigenvalue weighted by molar-refractivity contribution is 4.89. The Hall–Kier alpha value is -0.120. The summed E-state index contributed by atoms with van der Waals surface area (Å²) in [4.78, 5) is 0. The lowest BCUT2D eigenvalue weighted by atomic mass is 10.1. The smallest absolute Gasteiger partial charge is 0.0693 e. The molecule has 2 fully saturated rings. The van der Waals surface area contributed by atoms with Gasteiger partial charge in [0.15, 0.2) is 0 Å². The first-order chi connectivity index (χ1) is 6.79. The largest absolute Gasteiger partial charge is 0.392 e. The van der Waals surface area contributed by atoms with Crippen LogP contribution in [-0.4, -0.2) is 36.5 Å². The van der Waals surface area contributed by atoms with Gasteiger partial charge in [0, 0.05) is 19.2 Å². The molecule has 0 aromatic rings. The predicted octanol–water partition coefficient (Wildman–Crippen LogP) is 1.06. The zero-order valence-corrected chi connectivity index (χ0v) is 8.91. The number of rotatable bonds is 3. The maximum Gasteiger partial charge on any atom is 0.0693 e. The van der Waals surface area contributed by atoms with Gasteiger partial charge in [-0.15, -0.1) is 0 Å². The van der Waals surface area contributed by atoms with E-state index in [1.165, 1.54) is 12.8 Å². The van der Waals surface area contributed by atoms with Crippen LogP contribution in [0.4, 0.5) is 0 Å². The van der Waals surface area contributed by atoms with E-state index in [0.29, 0.717) is 18.2 Å². The lowest BCUT2D eigenvalue weighted by molar-refractivity contribution is 0.103. The molecule has 0 aromatic carbocycles. The normalized spacial score (nSPS) is 43.3. The summed E-state index contributed by atoms with van der Waals surface area (Å²) in [7, 11) is 1.79. The van der Waals surface area contributed by atoms with E-state index in [1.807, 2.05) is 0 Å². The summed E-state index contributed by atoms with van der Waals surface area (Å²) in [6, 6.07) is 0.910. The molecule has 0 saturated heterocycles. The van der Waals surface area contributed by atoms with Gasteiger partial charge < -0.3 is 15.2 Å². The summed E-state index contributed by atoms with van der Waals surface area (Å²) in [6.45, 7) is 0. The Kier molecular flexibility index (Phi) is 3.42. The summed E-state index contributed by atoms with van der Waals surface area (Å²) in [5, 5.41) is 13.2. The lowest BCUT2D eigenvalue weighted by Crippen LogP contribution is -2.41. The second kappa shape index (κ2) is 4.60. The molecule has 0 radical (unpaired) electrons. The summed E-state index contributed by atoms with van der Waals surface area (Å²) in [5.41, 5.74) is 0. The topological polar surface area (TPSA) is 41.5 Å². The van der Waals surface area contributed by atoms with E-state index in [9.17, 15) is 5.11 Å². The van der Waals surface area contributed by atoms with Gasteiger partial charge >= 0.3 is 0 Å². The standard InChI is InChI=1S/C11H21NO2/c1-14-9-6-5-8(7-9)12-10-3-2-4-11(10)13/h8-13H,2-7H2,1H3. The first-order valence-corrected chi connectivity index (χ1v) is 5.76. The quantitative estimate of drug-likeness (QED) is 0.714. The van der Waals surface area contributed by atoms with Crippen molar-refractivity contribution >= 4 is 0 Å². The minimum Gasteiger partial charge on any atom is -0.392 e. The number of ether oxygens (including phenoxy) is 1. The van der Waals surface area contributed by atoms with Crippen molar-refractivity contribution in [2.75, 3.05) is 7.11 Å². The van der Waals surface area contributed by atoms with Crippen LogP contribution in [0.15, 0.2) is 0 Å². The van der Waals surface area contributed by atoms with E-state index < -0.39 is 0 Å². The second-order valence-electron chi connectivity index (χ2n) is 4.64. The number of aliphatic hydroxyl groups is 1. The number of nitrogens with one attached hydrogen (secondary N) is 1. The molecule has 0 aliphatic heterocycles. The molecule has 0 aromatic heterocycles. The van der Waals surface area contributed by atoms with E-state index in [2.05, 4.69) is 5.32 Å². The first kappa shape index (κ1) is 10.4. The Bertz CT molecular complexity index is 186. The molecule has 4 atom stereocenters. The van der Waals surface area contributed by atoms with Crippen LogP contribution in [0.2, 0.25) is 0 Å². The number of aliphatic hydroxyl groups excluding tert-OH is 1. The molecule has 2 saturated carbocycles. The number of hydrogen-bond donors (Lipinski definition) is 2. The van der Waals surface area contributed by atoms with Gasteiger partial charge in [0.2, 0.25) is 0 Å². The van der Waals surface area contributed by atoms with Gasteiger partial charge in [-0.1, -0.05) is 0 Å². The van der Waals surface area contributed by atoms with Gasteiger partial charge in [0.05, 0.1) is 12.2 Å². The van der Waals surface area contributed by atoms with Crippen molar-refractivity contribution in [1.29, 1.82) is 0 Å². The molecule has 4 unspecified atom stereocenters. The highest BCUT2D eigenvalue weighted by atomic mass is 16.5. The zero-order chi connectivity index (χ0) is 9.97. The van der Waals surface area contributed by atoms with Gasteiger partial charge in [-0.25, -0.2) is 0 Å². The average Bonchev–Trinajstić information content (AvgIpc) is 2.77. The molecular weight excluding hydrogens is 178 g/mol. The highest BCUT2D eigenvalue weighted by Gasteiger charge is 2.31. The molecule has 3 nitrogen and oxygen atoms in total. The van der Waals surface area contributed by atoms with Crippen LogP contribution < -0.4 is 5.32 Å². The maximum absolute atomic E-state index is 9.68. The van der Waals surface area contributed by atoms with Gasteiger partial charge in [0.25, 0.3) is 0 Å². The van der Waals surface area contributed by atoms with Crippen LogP contribution in [0.1, 0.15) is 38.5 Å². The third-order valence-electron chi connectivity index (χ3n) is 3.65. The first-order valence-electron chi connectivity index (χ1n) is 5.76. The minimum atomic E-state index is -0.114. The molecule has 2 rings (SSSR count). The molecule has 3 heteroatoms. The van der Waals surface area contributed by atoms with E-state index in [4.69, 9.17) is 4.74 Å². The highest BCUT2D eigenvalue weighted by Crippen LogP contribution is 2.25. The van der Waals surface area contributed by atoms with E-state index in [-0.39, 0.29) is 6.10 Å². The van der Waals surface area contributed by atoms with E-state index in [0.717, 1.165) is 25.7 Å². The third kappa shape index (κ3) is 2.27. The molecule has 82 valence electrons. The van der Waals surface area contributed by atoms with Crippen LogP contribution in [0.5, 0.6) is 0 Å². The van der Waals surface area contributed by atoms with Crippen LogP contribution >= 0.6 is 0 Å². The molecule has 0 bridgehead atoms. The Morgan fingerprint density at radius 3 is 2.64 bits per heavy atom. The molecule has 2 aliphatic rings. The molecule has 0 amide bonds. The fourth-order valence-electron chi connectivity index (χ4n) is 2.74. The molecular formula is C11H21NO2. The summed E-state index contributed by atoms with van der Waals surface area (Å²) in [6.07, 6.45) is 7.06. The number of hydrogen-bond acceptors (Lipinski definition) is 3. The van der Waals surface area contributed by atoms with Crippen molar-refractivity contribution in [1.82, 2.24) is 5.32 Å². The van der Waals surface area contributed by atoms with Crippen molar-refractivity contribution < 1.29 is 9.84 Å². The van der Waals surface area contributed by atoms with Crippen molar-refractivity contribution in [2.24, 2.45) is 0 Å². The predicted molar refractivity (Wildman–Crippen MR) is 55.2 cm³/mol. The van der Waals surface area contributed by atoms with Crippen molar-refractivity contribution in [3.8, 4) is 0 Å². The van der Waals surface area contributed by atoms with Crippen LogP contribution in [0, 0.1) is 0 Å². The van der Waals surface area contributed by atoms with Crippen molar-refractivity contribution in [3.05, 3.63) is 0 Å². The molecule has 2 N–H and O–H groups in total. The lowest BCUT2D eigenvalue weighted by Gasteiger charge is -2.21. The molecule has 0 heterocycles. The molecule has 14 heavy (non-hydrogen) atoms. The Labute approximate surface area is 85.8 Å². The summed E-state index contributed by atoms with van der Waals surface area (Å²) in [5.74, 6) is 0. The average molecular weight is 199 g/mol. The zero-order valence-electron chi connectivity index (χ0n) is 8.91. The summed E-state index contributed by atoms with van der Waals surface area (Å²) < 4.78 is 5.33. The fourth-order valence-corrected chi connectivity index (χ4v) is 2.74. The SMILES string of the molecule is COC1CCC(NC2CCCC2O)C1. The maximum atomic E-state index is 9.68. The third-order valence-corrected chi connectivity index (χ3v) is 3.65. The summed E-state index contributed by atoms with van der Waals surface area (Å²) >= 11 is 0. The minimum absolute atomic E-state index is 0.114. The Morgan fingerprint density at radius 1 is 1.21 bits per heavy atom. The fraction of sp³-hybridized carbons (Fsp3) is 1.00. The second-order valence-corrected chi connectivity index (χ2v) is 4.64. The van der Waals surface area contributed by atoms with E-state index in [1.54, 1.807) is 7.11 Å². The van der Waals surface area contributed by atoms with Gasteiger partial charge in [-0.3, -0.25) is 0 Å². The van der Waals surface area contributed by atoms with Crippen LogP contribution in [0.3, 0.4) is 0 Å². The monoisotopic (exact) mass is 199 g/mol.